The van der Waals surface area contributed by atoms with E-state index in [9.17, 15) is 14.4 Å². The third kappa shape index (κ3) is 3.73. The molecular formula is C18H31N3O3. The fourth-order valence-electron chi connectivity index (χ4n) is 4.06. The first-order valence-corrected chi connectivity index (χ1v) is 9.24. The van der Waals surface area contributed by atoms with Gasteiger partial charge in [-0.3, -0.25) is 14.5 Å². The Labute approximate surface area is 144 Å². The summed E-state index contributed by atoms with van der Waals surface area (Å²) in [6.45, 7) is 7.61. The molecule has 0 bridgehead atoms. The number of hydrogen-bond acceptors (Lipinski definition) is 3. The van der Waals surface area contributed by atoms with Crippen molar-refractivity contribution in [2.45, 2.75) is 90.3 Å². The van der Waals surface area contributed by atoms with Crippen molar-refractivity contribution in [2.24, 2.45) is 0 Å². The molecule has 1 saturated carbocycles. The SMILES string of the molecule is CC(C)N(C(=O)CN1C(=O)NC2(CCCCCCC2)C1=O)C(C)C. The molecule has 0 aromatic rings. The number of carbonyl (C=O) groups excluding carboxylic acids is 3. The molecule has 24 heavy (non-hydrogen) atoms. The Bertz CT molecular complexity index is 486. The molecule has 1 N–H and O–H groups in total. The summed E-state index contributed by atoms with van der Waals surface area (Å²) in [6, 6.07) is -0.344. The molecule has 0 aromatic carbocycles. The smallest absolute Gasteiger partial charge is 0.325 e. The molecular weight excluding hydrogens is 306 g/mol. The summed E-state index contributed by atoms with van der Waals surface area (Å²) in [5, 5.41) is 2.91. The van der Waals surface area contributed by atoms with Crippen LogP contribution in [0.15, 0.2) is 0 Å². The minimum Gasteiger partial charge on any atom is -0.336 e. The standard InChI is InChI=1S/C18H31N3O3/c1-13(2)21(14(3)4)15(22)12-20-16(23)18(19-17(20)24)10-8-6-5-7-9-11-18/h13-14H,5-12H2,1-4H3,(H,19,24). The third-order valence-corrected chi connectivity index (χ3v) is 5.15. The zero-order valence-corrected chi connectivity index (χ0v) is 15.4. The van der Waals surface area contributed by atoms with Crippen molar-refractivity contribution in [2.75, 3.05) is 6.54 Å². The first-order valence-electron chi connectivity index (χ1n) is 9.24. The monoisotopic (exact) mass is 337 g/mol. The summed E-state index contributed by atoms with van der Waals surface area (Å²) in [6.07, 6.45) is 6.63. The fraction of sp³-hybridized carbons (Fsp3) is 0.833. The Balaban J connectivity index is 2.12. The highest BCUT2D eigenvalue weighted by Crippen LogP contribution is 2.32. The Morgan fingerprint density at radius 2 is 1.54 bits per heavy atom. The van der Waals surface area contributed by atoms with Gasteiger partial charge in [0.1, 0.15) is 12.1 Å². The number of hydrogen-bond donors (Lipinski definition) is 1. The summed E-state index contributed by atoms with van der Waals surface area (Å²) < 4.78 is 0. The Morgan fingerprint density at radius 3 is 2.04 bits per heavy atom. The number of amides is 4. The van der Waals surface area contributed by atoms with Gasteiger partial charge in [0.25, 0.3) is 5.91 Å². The number of urea groups is 1. The zero-order chi connectivity index (χ0) is 17.9. The maximum Gasteiger partial charge on any atom is 0.325 e. The van der Waals surface area contributed by atoms with E-state index >= 15 is 0 Å². The second-order valence-electron chi connectivity index (χ2n) is 7.66. The predicted molar refractivity (Wildman–Crippen MR) is 92.4 cm³/mol. The van der Waals surface area contributed by atoms with Gasteiger partial charge in [-0.1, -0.05) is 32.1 Å². The molecule has 1 aliphatic heterocycles. The van der Waals surface area contributed by atoms with Crippen LogP contribution in [0.4, 0.5) is 4.79 Å². The van der Waals surface area contributed by atoms with Crippen LogP contribution >= 0.6 is 0 Å². The van der Waals surface area contributed by atoms with Crippen molar-refractivity contribution in [3.05, 3.63) is 0 Å². The van der Waals surface area contributed by atoms with E-state index in [-0.39, 0.29) is 30.4 Å². The predicted octanol–water partition coefficient (Wildman–Crippen LogP) is 2.67. The van der Waals surface area contributed by atoms with Crippen LogP contribution in [0.1, 0.15) is 72.6 Å². The van der Waals surface area contributed by atoms with Gasteiger partial charge in [-0.2, -0.15) is 0 Å². The highest BCUT2D eigenvalue weighted by atomic mass is 16.2. The van der Waals surface area contributed by atoms with Crippen molar-refractivity contribution >= 4 is 17.8 Å². The molecule has 6 nitrogen and oxygen atoms in total. The van der Waals surface area contributed by atoms with Gasteiger partial charge in [0.2, 0.25) is 5.91 Å². The summed E-state index contributed by atoms with van der Waals surface area (Å²) in [5.74, 6) is -0.387. The van der Waals surface area contributed by atoms with E-state index in [1.54, 1.807) is 4.90 Å². The lowest BCUT2D eigenvalue weighted by Gasteiger charge is -2.32. The van der Waals surface area contributed by atoms with E-state index in [0.717, 1.165) is 30.6 Å². The first kappa shape index (κ1) is 18.7. The largest absolute Gasteiger partial charge is 0.336 e. The van der Waals surface area contributed by atoms with Crippen molar-refractivity contribution in [1.29, 1.82) is 0 Å². The summed E-state index contributed by atoms with van der Waals surface area (Å²) in [4.78, 5) is 40.8. The number of carbonyl (C=O) groups is 3. The molecule has 1 spiro atoms. The van der Waals surface area contributed by atoms with Crippen LogP contribution < -0.4 is 5.32 Å². The van der Waals surface area contributed by atoms with Crippen LogP contribution in [0.25, 0.3) is 0 Å². The van der Waals surface area contributed by atoms with Crippen molar-refractivity contribution < 1.29 is 14.4 Å². The van der Waals surface area contributed by atoms with Crippen LogP contribution in [0, 0.1) is 0 Å². The van der Waals surface area contributed by atoms with E-state index < -0.39 is 11.6 Å². The minimum absolute atomic E-state index is 0.0358. The molecule has 1 heterocycles. The normalized spacial score (nSPS) is 21.2. The van der Waals surface area contributed by atoms with Gasteiger partial charge in [0, 0.05) is 12.1 Å². The highest BCUT2D eigenvalue weighted by molar-refractivity contribution is 6.09. The third-order valence-electron chi connectivity index (χ3n) is 5.15. The van der Waals surface area contributed by atoms with Crippen molar-refractivity contribution in [3.8, 4) is 0 Å². The zero-order valence-electron chi connectivity index (χ0n) is 15.4. The van der Waals surface area contributed by atoms with E-state index in [0.29, 0.717) is 12.8 Å². The number of rotatable bonds is 4. The molecule has 0 aromatic heterocycles. The summed E-state index contributed by atoms with van der Waals surface area (Å²) in [5.41, 5.74) is -0.779. The Hall–Kier alpha value is -1.59. The lowest BCUT2D eigenvalue weighted by molar-refractivity contribution is -0.141. The molecule has 1 aliphatic carbocycles. The summed E-state index contributed by atoms with van der Waals surface area (Å²) >= 11 is 0. The van der Waals surface area contributed by atoms with E-state index in [4.69, 9.17) is 0 Å². The van der Waals surface area contributed by atoms with Gasteiger partial charge in [-0.25, -0.2) is 4.79 Å². The molecule has 2 rings (SSSR count). The van der Waals surface area contributed by atoms with Crippen LogP contribution in [-0.2, 0) is 9.59 Å². The molecule has 2 aliphatic rings. The maximum absolute atomic E-state index is 12.9. The van der Waals surface area contributed by atoms with Crippen LogP contribution in [0.2, 0.25) is 0 Å². The van der Waals surface area contributed by atoms with Gasteiger partial charge in [-0.15, -0.1) is 0 Å². The average Bonchev–Trinajstić information content (AvgIpc) is 2.67. The molecule has 0 unspecified atom stereocenters. The lowest BCUT2D eigenvalue weighted by Crippen LogP contribution is -2.50. The maximum atomic E-state index is 12.9. The first-order chi connectivity index (χ1) is 11.3. The molecule has 6 heteroatoms. The minimum atomic E-state index is -0.779. The number of nitrogens with zero attached hydrogens (tertiary/aromatic N) is 2. The van der Waals surface area contributed by atoms with E-state index in [2.05, 4.69) is 5.32 Å². The fourth-order valence-corrected chi connectivity index (χ4v) is 4.06. The quantitative estimate of drug-likeness (QED) is 0.802. The van der Waals surface area contributed by atoms with Gasteiger partial charge in [0.15, 0.2) is 0 Å². The van der Waals surface area contributed by atoms with E-state index in [1.165, 1.54) is 6.42 Å². The van der Waals surface area contributed by atoms with Crippen LogP contribution in [-0.4, -0.2) is 51.8 Å². The average molecular weight is 337 g/mol. The lowest BCUT2D eigenvalue weighted by atomic mass is 9.84. The Morgan fingerprint density at radius 1 is 1.04 bits per heavy atom. The topological polar surface area (TPSA) is 69.7 Å². The molecule has 4 amide bonds. The van der Waals surface area contributed by atoms with E-state index in [1.807, 2.05) is 27.7 Å². The number of nitrogens with one attached hydrogen (secondary N) is 1. The van der Waals surface area contributed by atoms with Gasteiger partial charge in [0.05, 0.1) is 0 Å². The van der Waals surface area contributed by atoms with Gasteiger partial charge in [-0.05, 0) is 40.5 Å². The van der Waals surface area contributed by atoms with Crippen molar-refractivity contribution in [1.82, 2.24) is 15.1 Å². The summed E-state index contributed by atoms with van der Waals surface area (Å²) in [7, 11) is 0. The van der Waals surface area contributed by atoms with Crippen LogP contribution in [0.3, 0.4) is 0 Å². The molecule has 2 fully saturated rings. The molecule has 1 saturated heterocycles. The number of imide groups is 1. The second kappa shape index (κ2) is 7.53. The van der Waals surface area contributed by atoms with Gasteiger partial charge >= 0.3 is 6.03 Å². The Kier molecular flexibility index (Phi) is 5.88. The molecule has 136 valence electrons. The molecule has 0 atom stereocenters. The highest BCUT2D eigenvalue weighted by Gasteiger charge is 2.51. The van der Waals surface area contributed by atoms with Crippen LogP contribution in [0.5, 0.6) is 0 Å². The molecule has 0 radical (unpaired) electrons. The second-order valence-corrected chi connectivity index (χ2v) is 7.66. The van der Waals surface area contributed by atoms with Crippen molar-refractivity contribution in [3.63, 3.8) is 0 Å². The van der Waals surface area contributed by atoms with Gasteiger partial charge < -0.3 is 10.2 Å².